The summed E-state index contributed by atoms with van der Waals surface area (Å²) in [4.78, 5) is 46.0. The smallest absolute Gasteiger partial charge is 0.310 e. The highest BCUT2D eigenvalue weighted by molar-refractivity contribution is 5.82. The third kappa shape index (κ3) is 6.42. The maximum atomic E-state index is 14.0. The van der Waals surface area contributed by atoms with E-state index < -0.39 is 6.10 Å². The summed E-state index contributed by atoms with van der Waals surface area (Å²) in [5.41, 5.74) is 1.69. The standard InChI is InChI=1S/C32H39N5O5/c1-3-28(42-26-15-9-6-10-16-26)30(38)35-20-18-34(19-21-35)27-22-33-37(25-13-7-5-8-14-25)31(39)29(27)36-17-11-12-24(23-36)32(40)41-4-2/h5-10,13-16,22,24,28H,3-4,11-12,17-21,23H2,1-2H3. The molecule has 10 nitrogen and oxygen atoms in total. The van der Waals surface area contributed by atoms with Gasteiger partial charge >= 0.3 is 5.97 Å². The van der Waals surface area contributed by atoms with Crippen molar-refractivity contribution in [3.8, 4) is 11.4 Å². The van der Waals surface area contributed by atoms with Gasteiger partial charge in [0.1, 0.15) is 11.4 Å². The molecular weight excluding hydrogens is 534 g/mol. The van der Waals surface area contributed by atoms with Crippen molar-refractivity contribution < 1.29 is 19.1 Å². The highest BCUT2D eigenvalue weighted by atomic mass is 16.5. The van der Waals surface area contributed by atoms with Crippen LogP contribution in [0.2, 0.25) is 0 Å². The molecule has 2 atom stereocenters. The lowest BCUT2D eigenvalue weighted by Gasteiger charge is -2.40. The van der Waals surface area contributed by atoms with Crippen molar-refractivity contribution in [3.63, 3.8) is 0 Å². The molecule has 3 aromatic rings. The fourth-order valence-corrected chi connectivity index (χ4v) is 5.69. The Balaban J connectivity index is 1.38. The van der Waals surface area contributed by atoms with Gasteiger partial charge < -0.3 is 24.2 Å². The van der Waals surface area contributed by atoms with E-state index >= 15 is 0 Å². The number of benzene rings is 2. The number of esters is 1. The number of piperazine rings is 1. The summed E-state index contributed by atoms with van der Waals surface area (Å²) < 4.78 is 12.7. The molecule has 2 aliphatic rings. The average Bonchev–Trinajstić information content (AvgIpc) is 3.04. The number of hydrogen-bond acceptors (Lipinski definition) is 8. The van der Waals surface area contributed by atoms with Crippen molar-refractivity contribution in [2.45, 2.75) is 39.2 Å². The highest BCUT2D eigenvalue weighted by Crippen LogP contribution is 2.31. The number of rotatable bonds is 9. The molecule has 2 aliphatic heterocycles. The van der Waals surface area contributed by atoms with E-state index in [0.717, 1.165) is 18.5 Å². The Labute approximate surface area is 246 Å². The normalized spacial score (nSPS) is 18.0. The van der Waals surface area contributed by atoms with E-state index in [1.165, 1.54) is 4.68 Å². The molecule has 0 saturated carbocycles. The van der Waals surface area contributed by atoms with Crippen LogP contribution in [-0.2, 0) is 14.3 Å². The lowest BCUT2D eigenvalue weighted by Crippen LogP contribution is -2.53. The number of hydrogen-bond donors (Lipinski definition) is 0. The fraction of sp³-hybridized carbons (Fsp3) is 0.438. The predicted molar refractivity (Wildman–Crippen MR) is 161 cm³/mol. The zero-order valence-corrected chi connectivity index (χ0v) is 24.4. The molecule has 0 N–H and O–H groups in total. The molecule has 1 aromatic heterocycles. The first-order valence-corrected chi connectivity index (χ1v) is 14.8. The lowest BCUT2D eigenvalue weighted by atomic mass is 9.97. The molecular formula is C32H39N5O5. The van der Waals surface area contributed by atoms with Gasteiger partial charge in [0.25, 0.3) is 11.5 Å². The Hall–Kier alpha value is -4.34. The average molecular weight is 574 g/mol. The molecule has 1 amide bonds. The molecule has 3 heterocycles. The summed E-state index contributed by atoms with van der Waals surface area (Å²) >= 11 is 0. The largest absolute Gasteiger partial charge is 0.481 e. The van der Waals surface area contributed by atoms with Gasteiger partial charge in [-0.15, -0.1) is 0 Å². The first-order valence-electron chi connectivity index (χ1n) is 14.8. The van der Waals surface area contributed by atoms with Crippen molar-refractivity contribution in [2.75, 3.05) is 55.7 Å². The van der Waals surface area contributed by atoms with Gasteiger partial charge in [0.05, 0.1) is 30.1 Å². The maximum Gasteiger partial charge on any atom is 0.310 e. The second kappa shape index (κ2) is 13.5. The first kappa shape index (κ1) is 29.2. The molecule has 42 heavy (non-hydrogen) atoms. The second-order valence-corrected chi connectivity index (χ2v) is 10.6. The van der Waals surface area contributed by atoms with E-state index in [9.17, 15) is 14.4 Å². The van der Waals surface area contributed by atoms with Crippen LogP contribution in [0.5, 0.6) is 5.75 Å². The third-order valence-electron chi connectivity index (χ3n) is 7.89. The summed E-state index contributed by atoms with van der Waals surface area (Å²) in [6, 6.07) is 18.7. The molecule has 0 radical (unpaired) electrons. The van der Waals surface area contributed by atoms with E-state index in [-0.39, 0.29) is 23.4 Å². The van der Waals surface area contributed by atoms with Gasteiger partial charge in [0.2, 0.25) is 0 Å². The minimum Gasteiger partial charge on any atom is -0.481 e. The van der Waals surface area contributed by atoms with Gasteiger partial charge in [0, 0.05) is 39.3 Å². The highest BCUT2D eigenvalue weighted by Gasteiger charge is 2.33. The molecule has 2 fully saturated rings. The van der Waals surface area contributed by atoms with E-state index in [1.54, 1.807) is 13.1 Å². The third-order valence-corrected chi connectivity index (χ3v) is 7.89. The van der Waals surface area contributed by atoms with E-state index in [1.807, 2.05) is 77.4 Å². The zero-order chi connectivity index (χ0) is 29.5. The van der Waals surface area contributed by atoms with E-state index in [4.69, 9.17) is 9.47 Å². The SMILES string of the molecule is CCOC(=O)C1CCCN(c2c(N3CCN(C(=O)C(CC)Oc4ccccc4)CC3)cnn(-c3ccccc3)c2=O)C1. The van der Waals surface area contributed by atoms with E-state index in [2.05, 4.69) is 10.00 Å². The van der Waals surface area contributed by atoms with E-state index in [0.29, 0.717) is 69.4 Å². The molecule has 5 rings (SSSR count). The molecule has 2 aromatic carbocycles. The van der Waals surface area contributed by atoms with Crippen molar-refractivity contribution in [2.24, 2.45) is 5.92 Å². The molecule has 2 saturated heterocycles. The lowest BCUT2D eigenvalue weighted by molar-refractivity contribution is -0.148. The Bertz CT molecular complexity index is 1410. The molecule has 0 bridgehead atoms. The number of ether oxygens (including phenoxy) is 2. The summed E-state index contributed by atoms with van der Waals surface area (Å²) in [7, 11) is 0. The Morgan fingerprint density at radius 3 is 2.29 bits per heavy atom. The summed E-state index contributed by atoms with van der Waals surface area (Å²) in [6.07, 6.45) is 3.25. The van der Waals surface area contributed by atoms with Crippen LogP contribution in [0.3, 0.4) is 0 Å². The molecule has 0 spiro atoms. The van der Waals surface area contributed by atoms with Crippen LogP contribution in [0.25, 0.3) is 5.69 Å². The number of amides is 1. The summed E-state index contributed by atoms with van der Waals surface area (Å²) in [5.74, 6) is 0.117. The number of nitrogens with zero attached hydrogens (tertiary/aromatic N) is 5. The number of anilines is 2. The molecule has 10 heteroatoms. The van der Waals surface area contributed by atoms with Crippen LogP contribution in [0, 0.1) is 5.92 Å². The monoisotopic (exact) mass is 573 g/mol. The fourth-order valence-electron chi connectivity index (χ4n) is 5.69. The van der Waals surface area contributed by atoms with Crippen LogP contribution in [-0.4, -0.2) is 78.5 Å². The number of piperidine rings is 1. The van der Waals surface area contributed by atoms with Gasteiger partial charge in [-0.2, -0.15) is 9.78 Å². The Kier molecular flexibility index (Phi) is 9.41. The quantitative estimate of drug-likeness (QED) is 0.359. The van der Waals surface area contributed by atoms with Crippen LogP contribution >= 0.6 is 0 Å². The van der Waals surface area contributed by atoms with Gasteiger partial charge in [0.15, 0.2) is 6.10 Å². The van der Waals surface area contributed by atoms with Crippen LogP contribution in [0.1, 0.15) is 33.1 Å². The second-order valence-electron chi connectivity index (χ2n) is 10.6. The Morgan fingerprint density at radius 1 is 0.929 bits per heavy atom. The topological polar surface area (TPSA) is 97.2 Å². The number of carbonyl (C=O) groups excluding carboxylic acids is 2. The van der Waals surface area contributed by atoms with Crippen LogP contribution in [0.4, 0.5) is 11.4 Å². The van der Waals surface area contributed by atoms with Gasteiger partial charge in [-0.3, -0.25) is 14.4 Å². The molecule has 0 aliphatic carbocycles. The first-order chi connectivity index (χ1) is 20.5. The van der Waals surface area contributed by atoms with Crippen molar-refractivity contribution in [3.05, 3.63) is 77.2 Å². The predicted octanol–water partition coefficient (Wildman–Crippen LogP) is 3.52. The number of aromatic nitrogens is 2. The van der Waals surface area contributed by atoms with Crippen LogP contribution in [0.15, 0.2) is 71.7 Å². The van der Waals surface area contributed by atoms with Crippen molar-refractivity contribution in [1.29, 1.82) is 0 Å². The van der Waals surface area contributed by atoms with Gasteiger partial charge in [-0.25, -0.2) is 0 Å². The minimum atomic E-state index is -0.556. The molecule has 222 valence electrons. The number of carbonyl (C=O) groups is 2. The maximum absolute atomic E-state index is 14.0. The zero-order valence-electron chi connectivity index (χ0n) is 24.4. The van der Waals surface area contributed by atoms with Gasteiger partial charge in [-0.1, -0.05) is 43.3 Å². The van der Waals surface area contributed by atoms with Crippen molar-refractivity contribution >= 4 is 23.3 Å². The van der Waals surface area contributed by atoms with Crippen LogP contribution < -0.4 is 20.1 Å². The van der Waals surface area contributed by atoms with Gasteiger partial charge in [-0.05, 0) is 50.5 Å². The Morgan fingerprint density at radius 2 is 1.62 bits per heavy atom. The molecule has 2 unspecified atom stereocenters. The minimum absolute atomic E-state index is 0.0350. The van der Waals surface area contributed by atoms with Crippen molar-refractivity contribution in [1.82, 2.24) is 14.7 Å². The summed E-state index contributed by atoms with van der Waals surface area (Å²) in [5, 5.41) is 4.55. The summed E-state index contributed by atoms with van der Waals surface area (Å²) in [6.45, 7) is 7.24. The number of para-hydroxylation sites is 2.